The molecular weight excluding hydrogens is 244 g/mol. The highest BCUT2D eigenvalue weighted by Gasteiger charge is 2.19. The Balaban J connectivity index is 1.83. The standard InChI is InChI=1S/C14H22N2OS/c1-3-16-6-4-12(5-7-16)9-14-15-13(10-18-14)8-11(2)17/h10,12H,3-9H2,1-2H3. The Morgan fingerprint density at radius 3 is 2.83 bits per heavy atom. The number of hydrogen-bond donors (Lipinski definition) is 0. The number of nitrogens with zero attached hydrogens (tertiary/aromatic N) is 2. The summed E-state index contributed by atoms with van der Waals surface area (Å²) in [6.45, 7) is 7.49. The first-order valence-electron chi connectivity index (χ1n) is 6.82. The Hall–Kier alpha value is -0.740. The number of hydrogen-bond acceptors (Lipinski definition) is 4. The van der Waals surface area contributed by atoms with Crippen LogP contribution in [-0.2, 0) is 17.6 Å². The highest BCUT2D eigenvalue weighted by atomic mass is 32.1. The quantitative estimate of drug-likeness (QED) is 0.821. The lowest BCUT2D eigenvalue weighted by Crippen LogP contribution is -2.34. The Kier molecular flexibility index (Phi) is 4.89. The van der Waals surface area contributed by atoms with Gasteiger partial charge in [-0.2, -0.15) is 0 Å². The van der Waals surface area contributed by atoms with Gasteiger partial charge in [-0.05, 0) is 45.3 Å². The fraction of sp³-hybridized carbons (Fsp3) is 0.714. The van der Waals surface area contributed by atoms with E-state index in [1.54, 1.807) is 18.3 Å². The highest BCUT2D eigenvalue weighted by Crippen LogP contribution is 2.23. The van der Waals surface area contributed by atoms with Gasteiger partial charge in [-0.25, -0.2) is 4.98 Å². The zero-order chi connectivity index (χ0) is 13.0. The molecule has 2 heterocycles. The maximum atomic E-state index is 11.0. The summed E-state index contributed by atoms with van der Waals surface area (Å²) >= 11 is 1.71. The lowest BCUT2D eigenvalue weighted by atomic mass is 9.94. The predicted octanol–water partition coefficient (Wildman–Crippen LogP) is 2.55. The Morgan fingerprint density at radius 1 is 1.50 bits per heavy atom. The molecule has 1 aromatic rings. The molecule has 18 heavy (non-hydrogen) atoms. The van der Waals surface area contributed by atoms with Crippen LogP contribution in [0.25, 0.3) is 0 Å². The molecule has 0 bridgehead atoms. The van der Waals surface area contributed by atoms with Crippen molar-refractivity contribution in [3.63, 3.8) is 0 Å². The summed E-state index contributed by atoms with van der Waals surface area (Å²) in [7, 11) is 0. The lowest BCUT2D eigenvalue weighted by molar-refractivity contribution is -0.116. The number of rotatable bonds is 5. The van der Waals surface area contributed by atoms with Crippen LogP contribution in [0.3, 0.4) is 0 Å². The van der Waals surface area contributed by atoms with Gasteiger partial charge >= 0.3 is 0 Å². The normalized spacial score (nSPS) is 18.1. The molecule has 4 heteroatoms. The molecule has 100 valence electrons. The van der Waals surface area contributed by atoms with Crippen LogP contribution in [-0.4, -0.2) is 35.3 Å². The van der Waals surface area contributed by atoms with Gasteiger partial charge in [-0.1, -0.05) is 6.92 Å². The Morgan fingerprint density at radius 2 is 2.22 bits per heavy atom. The number of aromatic nitrogens is 1. The first kappa shape index (κ1) is 13.7. The van der Waals surface area contributed by atoms with Gasteiger partial charge in [0, 0.05) is 18.2 Å². The van der Waals surface area contributed by atoms with E-state index in [2.05, 4.69) is 16.8 Å². The predicted molar refractivity (Wildman–Crippen MR) is 75.0 cm³/mol. The summed E-state index contributed by atoms with van der Waals surface area (Å²) in [4.78, 5) is 18.1. The van der Waals surface area contributed by atoms with E-state index in [1.165, 1.54) is 37.5 Å². The van der Waals surface area contributed by atoms with E-state index >= 15 is 0 Å². The van der Waals surface area contributed by atoms with E-state index in [0.717, 1.165) is 18.0 Å². The number of Topliss-reactive ketones (excluding diaryl/α,β-unsaturated/α-hetero) is 1. The van der Waals surface area contributed by atoms with Gasteiger partial charge in [0.05, 0.1) is 10.7 Å². The van der Waals surface area contributed by atoms with Gasteiger partial charge in [-0.3, -0.25) is 4.79 Å². The lowest BCUT2D eigenvalue weighted by Gasteiger charge is -2.30. The first-order valence-corrected chi connectivity index (χ1v) is 7.70. The summed E-state index contributed by atoms with van der Waals surface area (Å²) < 4.78 is 0. The number of likely N-dealkylation sites (tertiary alicyclic amines) is 1. The molecule has 1 aliphatic rings. The Labute approximate surface area is 113 Å². The number of piperidine rings is 1. The minimum Gasteiger partial charge on any atom is -0.304 e. The molecule has 0 saturated carbocycles. The highest BCUT2D eigenvalue weighted by molar-refractivity contribution is 7.09. The smallest absolute Gasteiger partial charge is 0.135 e. The van der Waals surface area contributed by atoms with Gasteiger partial charge in [0.15, 0.2) is 0 Å². The molecule has 1 aromatic heterocycles. The van der Waals surface area contributed by atoms with Crippen LogP contribution in [0.4, 0.5) is 0 Å². The average molecular weight is 266 g/mol. The molecule has 1 fully saturated rings. The van der Waals surface area contributed by atoms with Crippen molar-refractivity contribution in [2.45, 2.75) is 39.5 Å². The van der Waals surface area contributed by atoms with Crippen LogP contribution >= 0.6 is 11.3 Å². The fourth-order valence-corrected chi connectivity index (χ4v) is 3.44. The van der Waals surface area contributed by atoms with E-state index in [4.69, 9.17) is 0 Å². The maximum Gasteiger partial charge on any atom is 0.135 e. The van der Waals surface area contributed by atoms with Gasteiger partial charge < -0.3 is 4.90 Å². The van der Waals surface area contributed by atoms with Crippen molar-refractivity contribution >= 4 is 17.1 Å². The molecule has 0 radical (unpaired) electrons. The van der Waals surface area contributed by atoms with Crippen molar-refractivity contribution in [1.29, 1.82) is 0 Å². The molecule has 0 atom stereocenters. The summed E-state index contributed by atoms with van der Waals surface area (Å²) in [5.41, 5.74) is 0.952. The monoisotopic (exact) mass is 266 g/mol. The van der Waals surface area contributed by atoms with Crippen molar-refractivity contribution in [3.8, 4) is 0 Å². The van der Waals surface area contributed by atoms with Crippen LogP contribution in [0.15, 0.2) is 5.38 Å². The zero-order valence-electron chi connectivity index (χ0n) is 11.3. The van der Waals surface area contributed by atoms with Gasteiger partial charge in [0.2, 0.25) is 0 Å². The van der Waals surface area contributed by atoms with Crippen molar-refractivity contribution in [1.82, 2.24) is 9.88 Å². The second kappa shape index (κ2) is 6.43. The van der Waals surface area contributed by atoms with E-state index in [9.17, 15) is 4.79 Å². The minimum absolute atomic E-state index is 0.197. The zero-order valence-corrected chi connectivity index (χ0v) is 12.1. The van der Waals surface area contributed by atoms with E-state index in [0.29, 0.717) is 6.42 Å². The molecule has 0 spiro atoms. The second-order valence-electron chi connectivity index (χ2n) is 5.19. The molecule has 0 aliphatic carbocycles. The molecule has 1 aliphatic heterocycles. The molecule has 2 rings (SSSR count). The van der Waals surface area contributed by atoms with Crippen LogP contribution in [0.5, 0.6) is 0 Å². The van der Waals surface area contributed by atoms with Gasteiger partial charge in [0.25, 0.3) is 0 Å². The van der Waals surface area contributed by atoms with Crippen LogP contribution < -0.4 is 0 Å². The molecule has 0 N–H and O–H groups in total. The number of ketones is 1. The second-order valence-corrected chi connectivity index (χ2v) is 6.14. The Bertz CT molecular complexity index is 394. The summed E-state index contributed by atoms with van der Waals surface area (Å²) in [6.07, 6.45) is 4.16. The number of carbonyl (C=O) groups is 1. The average Bonchev–Trinajstić information content (AvgIpc) is 2.76. The summed E-state index contributed by atoms with van der Waals surface area (Å²) in [5.74, 6) is 0.979. The summed E-state index contributed by atoms with van der Waals surface area (Å²) in [6, 6.07) is 0. The topological polar surface area (TPSA) is 33.2 Å². The molecule has 0 aromatic carbocycles. The summed E-state index contributed by atoms with van der Waals surface area (Å²) in [5, 5.41) is 3.25. The fourth-order valence-electron chi connectivity index (χ4n) is 2.53. The molecule has 0 amide bonds. The van der Waals surface area contributed by atoms with Crippen molar-refractivity contribution in [2.75, 3.05) is 19.6 Å². The number of carbonyl (C=O) groups excluding carboxylic acids is 1. The van der Waals surface area contributed by atoms with Gasteiger partial charge in [-0.15, -0.1) is 11.3 Å². The molecular formula is C14H22N2OS. The van der Waals surface area contributed by atoms with E-state index in [1.807, 2.05) is 5.38 Å². The molecule has 0 unspecified atom stereocenters. The third-order valence-electron chi connectivity index (χ3n) is 3.65. The third-order valence-corrected chi connectivity index (χ3v) is 4.57. The van der Waals surface area contributed by atoms with Crippen LogP contribution in [0.2, 0.25) is 0 Å². The number of thiazole rings is 1. The van der Waals surface area contributed by atoms with Crippen LogP contribution in [0, 0.1) is 5.92 Å². The first-order chi connectivity index (χ1) is 8.67. The third kappa shape index (κ3) is 3.89. The maximum absolute atomic E-state index is 11.0. The molecule has 1 saturated heterocycles. The molecule has 3 nitrogen and oxygen atoms in total. The van der Waals surface area contributed by atoms with Crippen molar-refractivity contribution in [2.24, 2.45) is 5.92 Å². The largest absolute Gasteiger partial charge is 0.304 e. The van der Waals surface area contributed by atoms with E-state index in [-0.39, 0.29) is 5.78 Å². The van der Waals surface area contributed by atoms with Gasteiger partial charge in [0.1, 0.15) is 5.78 Å². The van der Waals surface area contributed by atoms with Crippen molar-refractivity contribution in [3.05, 3.63) is 16.1 Å². The van der Waals surface area contributed by atoms with Crippen molar-refractivity contribution < 1.29 is 4.79 Å². The van der Waals surface area contributed by atoms with E-state index < -0.39 is 0 Å². The minimum atomic E-state index is 0.197. The SMILES string of the molecule is CCN1CCC(Cc2nc(CC(C)=O)cs2)CC1. The van der Waals surface area contributed by atoms with Crippen LogP contribution in [0.1, 0.15) is 37.4 Å².